The Bertz CT molecular complexity index is 580. The highest BCUT2D eigenvalue weighted by atomic mass is 16.5. The second kappa shape index (κ2) is 9.69. The highest BCUT2D eigenvalue weighted by Gasteiger charge is 2.15. The highest BCUT2D eigenvalue weighted by Crippen LogP contribution is 2.26. The van der Waals surface area contributed by atoms with E-state index in [-0.39, 0.29) is 17.6 Å². The molecule has 1 atom stereocenters. The van der Waals surface area contributed by atoms with Crippen LogP contribution in [0.1, 0.15) is 19.4 Å². The van der Waals surface area contributed by atoms with Gasteiger partial charge >= 0.3 is 0 Å². The van der Waals surface area contributed by atoms with E-state index >= 15 is 0 Å². The molecular weight excluding hydrogens is 292 g/mol. The number of nitrogens with two attached hydrogens (primary N) is 1. The molecule has 23 heavy (non-hydrogen) atoms. The van der Waals surface area contributed by atoms with Crippen molar-refractivity contribution in [3.8, 4) is 11.5 Å². The molecule has 1 amide bonds. The Balaban J connectivity index is 2.57. The Morgan fingerprint density at radius 1 is 1.48 bits per heavy atom. The number of methoxy groups -OCH3 is 1. The Morgan fingerprint density at radius 3 is 2.83 bits per heavy atom. The van der Waals surface area contributed by atoms with Crippen molar-refractivity contribution in [3.63, 3.8) is 0 Å². The van der Waals surface area contributed by atoms with E-state index in [0.717, 1.165) is 11.1 Å². The van der Waals surface area contributed by atoms with E-state index in [2.05, 4.69) is 5.32 Å². The van der Waals surface area contributed by atoms with E-state index in [0.29, 0.717) is 25.3 Å². The van der Waals surface area contributed by atoms with Gasteiger partial charge in [0.15, 0.2) is 11.5 Å². The second-order valence-corrected chi connectivity index (χ2v) is 5.21. The molecule has 1 aromatic carbocycles. The molecule has 0 bridgehead atoms. The molecule has 0 aliphatic carbocycles. The van der Waals surface area contributed by atoms with Crippen LogP contribution in [0.3, 0.4) is 0 Å². The fourth-order valence-corrected chi connectivity index (χ4v) is 2.23. The zero-order valence-electron chi connectivity index (χ0n) is 14.0. The Morgan fingerprint density at radius 2 is 2.22 bits per heavy atom. The van der Waals surface area contributed by atoms with Gasteiger partial charge in [-0.15, -0.1) is 0 Å². The number of carbonyl (C=O) groups is 1. The Kier molecular flexibility index (Phi) is 7.91. The maximum atomic E-state index is 12.2. The number of hydrogen-bond acceptors (Lipinski definition) is 4. The van der Waals surface area contributed by atoms with Gasteiger partial charge in [0.2, 0.25) is 5.91 Å². The van der Waals surface area contributed by atoms with E-state index in [1.54, 1.807) is 12.1 Å². The summed E-state index contributed by atoms with van der Waals surface area (Å²) in [5, 5.41) is 12.5. The first-order valence-corrected chi connectivity index (χ1v) is 7.69. The highest BCUT2D eigenvalue weighted by molar-refractivity contribution is 5.81. The molecule has 0 aliphatic rings. The molecule has 5 heteroatoms. The van der Waals surface area contributed by atoms with Gasteiger partial charge in [-0.1, -0.05) is 24.3 Å². The van der Waals surface area contributed by atoms with Crippen LogP contribution in [-0.4, -0.2) is 31.2 Å². The number of nitrogens with one attached hydrogen (secondary N) is 1. The van der Waals surface area contributed by atoms with Crippen LogP contribution in [0.25, 0.3) is 0 Å². The number of allylic oxidation sites excluding steroid dienone is 2. The SMILES string of the molecule is C/C=C\C(=C/CN)C(C)C(=O)NCCc1ccc(O)c(OC)c1. The van der Waals surface area contributed by atoms with Crippen molar-refractivity contribution in [2.24, 2.45) is 11.7 Å². The summed E-state index contributed by atoms with van der Waals surface area (Å²) in [5.41, 5.74) is 7.44. The molecule has 0 saturated heterocycles. The number of ether oxygens (including phenoxy) is 1. The molecule has 1 aromatic rings. The third-order valence-corrected chi connectivity index (χ3v) is 3.56. The molecule has 4 N–H and O–H groups in total. The standard InChI is InChI=1S/C18H26N2O3/c1-4-5-15(8-10-19)13(2)18(22)20-11-9-14-6-7-16(21)17(12-14)23-3/h4-8,12-13,21H,9-11,19H2,1-3H3,(H,20,22)/b5-4-,15-8+. The quantitative estimate of drug-likeness (QED) is 0.641. The molecule has 0 aliphatic heterocycles. The molecule has 0 radical (unpaired) electrons. The minimum atomic E-state index is -0.246. The third kappa shape index (κ3) is 5.79. The van der Waals surface area contributed by atoms with Crippen LogP contribution < -0.4 is 15.8 Å². The maximum absolute atomic E-state index is 12.2. The lowest BCUT2D eigenvalue weighted by Crippen LogP contribution is -2.31. The molecule has 0 saturated carbocycles. The topological polar surface area (TPSA) is 84.6 Å². The summed E-state index contributed by atoms with van der Waals surface area (Å²) >= 11 is 0. The summed E-state index contributed by atoms with van der Waals surface area (Å²) in [6.07, 6.45) is 6.32. The van der Waals surface area contributed by atoms with E-state index in [9.17, 15) is 9.90 Å². The summed E-state index contributed by atoms with van der Waals surface area (Å²) in [5.74, 6) is 0.262. The third-order valence-electron chi connectivity index (χ3n) is 3.56. The predicted molar refractivity (Wildman–Crippen MR) is 92.5 cm³/mol. The van der Waals surface area contributed by atoms with Crippen LogP contribution in [0, 0.1) is 5.92 Å². The largest absolute Gasteiger partial charge is 0.504 e. The minimum absolute atomic E-state index is 0.0338. The zero-order valence-corrected chi connectivity index (χ0v) is 14.0. The van der Waals surface area contributed by atoms with Crippen molar-refractivity contribution in [1.82, 2.24) is 5.32 Å². The first-order chi connectivity index (χ1) is 11.0. The molecule has 1 unspecified atom stereocenters. The van der Waals surface area contributed by atoms with Crippen LogP contribution in [0.5, 0.6) is 11.5 Å². The van der Waals surface area contributed by atoms with E-state index in [1.807, 2.05) is 38.1 Å². The summed E-state index contributed by atoms with van der Waals surface area (Å²) in [4.78, 5) is 12.2. The van der Waals surface area contributed by atoms with Crippen molar-refractivity contribution in [1.29, 1.82) is 0 Å². The van der Waals surface area contributed by atoms with Gasteiger partial charge in [0.25, 0.3) is 0 Å². The van der Waals surface area contributed by atoms with E-state index in [4.69, 9.17) is 10.5 Å². The van der Waals surface area contributed by atoms with Gasteiger partial charge in [0, 0.05) is 13.1 Å². The lowest BCUT2D eigenvalue weighted by molar-refractivity contribution is -0.123. The van der Waals surface area contributed by atoms with E-state index in [1.165, 1.54) is 7.11 Å². The summed E-state index contributed by atoms with van der Waals surface area (Å²) in [6, 6.07) is 5.17. The number of hydrogen-bond donors (Lipinski definition) is 3. The fourth-order valence-electron chi connectivity index (χ4n) is 2.23. The van der Waals surface area contributed by atoms with Crippen LogP contribution in [0.4, 0.5) is 0 Å². The number of phenolic OH excluding ortho intramolecular Hbond substituents is 1. The molecule has 126 valence electrons. The minimum Gasteiger partial charge on any atom is -0.504 e. The van der Waals surface area contributed by atoms with Gasteiger partial charge in [0.1, 0.15) is 0 Å². The van der Waals surface area contributed by atoms with Gasteiger partial charge in [0.05, 0.1) is 13.0 Å². The summed E-state index contributed by atoms with van der Waals surface area (Å²) in [7, 11) is 1.51. The van der Waals surface area contributed by atoms with Gasteiger partial charge in [-0.2, -0.15) is 0 Å². The van der Waals surface area contributed by atoms with Gasteiger partial charge in [-0.3, -0.25) is 4.79 Å². The van der Waals surface area contributed by atoms with Gasteiger partial charge in [-0.05, 0) is 43.5 Å². The zero-order chi connectivity index (χ0) is 17.2. The maximum Gasteiger partial charge on any atom is 0.227 e. The Labute approximate surface area is 137 Å². The number of aromatic hydroxyl groups is 1. The molecule has 5 nitrogen and oxygen atoms in total. The molecular formula is C18H26N2O3. The molecule has 0 heterocycles. The molecule has 0 aromatic heterocycles. The Hall–Kier alpha value is -2.27. The fraction of sp³-hybridized carbons (Fsp3) is 0.389. The number of benzene rings is 1. The summed E-state index contributed by atoms with van der Waals surface area (Å²) in [6.45, 7) is 4.70. The van der Waals surface area contributed by atoms with Crippen molar-refractivity contribution in [3.05, 3.63) is 47.6 Å². The normalized spacial score (nSPS) is 13.1. The smallest absolute Gasteiger partial charge is 0.227 e. The average Bonchev–Trinajstić information content (AvgIpc) is 2.55. The van der Waals surface area contributed by atoms with Crippen molar-refractivity contribution in [2.75, 3.05) is 20.2 Å². The molecule has 0 fully saturated rings. The predicted octanol–water partition coefficient (Wildman–Crippen LogP) is 2.16. The van der Waals surface area contributed by atoms with Crippen molar-refractivity contribution in [2.45, 2.75) is 20.3 Å². The van der Waals surface area contributed by atoms with Crippen LogP contribution in [-0.2, 0) is 11.2 Å². The number of rotatable bonds is 8. The van der Waals surface area contributed by atoms with Crippen molar-refractivity contribution < 1.29 is 14.6 Å². The number of carbonyl (C=O) groups excluding carboxylic acids is 1. The van der Waals surface area contributed by atoms with Gasteiger partial charge in [-0.25, -0.2) is 0 Å². The van der Waals surface area contributed by atoms with Crippen LogP contribution >= 0.6 is 0 Å². The number of phenols is 1. The lowest BCUT2D eigenvalue weighted by atomic mass is 9.99. The van der Waals surface area contributed by atoms with Crippen molar-refractivity contribution >= 4 is 5.91 Å². The number of amides is 1. The first kappa shape index (κ1) is 18.8. The van der Waals surface area contributed by atoms with Crippen LogP contribution in [0.15, 0.2) is 42.0 Å². The van der Waals surface area contributed by atoms with E-state index < -0.39 is 0 Å². The lowest BCUT2D eigenvalue weighted by Gasteiger charge is -2.14. The van der Waals surface area contributed by atoms with Gasteiger partial charge < -0.3 is 20.9 Å². The molecule has 1 rings (SSSR count). The summed E-state index contributed by atoms with van der Waals surface area (Å²) < 4.78 is 5.07. The first-order valence-electron chi connectivity index (χ1n) is 7.69. The second-order valence-electron chi connectivity index (χ2n) is 5.21. The average molecular weight is 318 g/mol. The molecule has 0 spiro atoms. The monoisotopic (exact) mass is 318 g/mol. The van der Waals surface area contributed by atoms with Crippen LogP contribution in [0.2, 0.25) is 0 Å².